The number of hydrogen-bond acceptors (Lipinski definition) is 10. The molecule has 0 fully saturated rings. The Morgan fingerprint density at radius 2 is 1.56 bits per heavy atom. The molecule has 10 heteroatoms. The lowest BCUT2D eigenvalue weighted by atomic mass is 9.93. The number of nitrogens with zero attached hydrogens (tertiary/aromatic N) is 6. The third-order valence-electron chi connectivity index (χ3n) is 5.83. The van der Waals surface area contributed by atoms with Gasteiger partial charge < -0.3 is 14.2 Å². The summed E-state index contributed by atoms with van der Waals surface area (Å²) >= 11 is 1.76. The molecule has 0 amide bonds. The fourth-order valence-corrected chi connectivity index (χ4v) is 5.50. The Balaban J connectivity index is 1.13. The first-order chi connectivity index (χ1) is 15.7. The minimum Gasteiger partial charge on any atom is -0.476 e. The van der Waals surface area contributed by atoms with Crippen LogP contribution in [-0.4, -0.2) is 55.7 Å². The van der Waals surface area contributed by atoms with E-state index < -0.39 is 0 Å². The Morgan fingerprint density at radius 1 is 0.812 bits per heavy atom. The Morgan fingerprint density at radius 3 is 2.47 bits per heavy atom. The summed E-state index contributed by atoms with van der Waals surface area (Å²) in [6.45, 7) is 3.82. The molecule has 164 valence electrons. The van der Waals surface area contributed by atoms with Gasteiger partial charge in [0.15, 0.2) is 0 Å². The van der Waals surface area contributed by atoms with Crippen LogP contribution < -0.4 is 14.2 Å². The van der Waals surface area contributed by atoms with E-state index in [-0.39, 0.29) is 5.25 Å². The normalized spacial score (nSPS) is 20.9. The van der Waals surface area contributed by atoms with Gasteiger partial charge in [-0.3, -0.25) is 0 Å². The van der Waals surface area contributed by atoms with Crippen LogP contribution in [0.25, 0.3) is 0 Å². The van der Waals surface area contributed by atoms with Crippen molar-refractivity contribution >= 4 is 11.8 Å². The highest BCUT2D eigenvalue weighted by Gasteiger charge is 2.27. The van der Waals surface area contributed by atoms with Crippen LogP contribution in [0.4, 0.5) is 0 Å². The molecule has 6 rings (SSSR count). The fourth-order valence-electron chi connectivity index (χ4n) is 4.31. The quantitative estimate of drug-likeness (QED) is 0.587. The molecule has 6 heterocycles. The Hall–Kier alpha value is -3.01. The summed E-state index contributed by atoms with van der Waals surface area (Å²) in [5, 5.41) is 25.7. The summed E-state index contributed by atoms with van der Waals surface area (Å²) < 4.78 is 17.2. The molecular formula is C22H22N6O3S. The lowest BCUT2D eigenvalue weighted by Gasteiger charge is -2.25. The van der Waals surface area contributed by atoms with E-state index in [2.05, 4.69) is 42.7 Å². The predicted molar refractivity (Wildman–Crippen MR) is 115 cm³/mol. The molecule has 0 aliphatic carbocycles. The molecular weight excluding hydrogens is 428 g/mol. The van der Waals surface area contributed by atoms with E-state index >= 15 is 0 Å². The van der Waals surface area contributed by atoms with Crippen molar-refractivity contribution < 1.29 is 14.2 Å². The predicted octanol–water partition coefficient (Wildman–Crippen LogP) is 2.19. The van der Waals surface area contributed by atoms with Crippen molar-refractivity contribution in [2.45, 2.75) is 42.8 Å². The molecule has 0 saturated carbocycles. The summed E-state index contributed by atoms with van der Waals surface area (Å²) in [6, 6.07) is 6.26. The molecule has 3 aromatic rings. The van der Waals surface area contributed by atoms with Crippen LogP contribution in [-0.2, 0) is 25.7 Å². The van der Waals surface area contributed by atoms with Crippen LogP contribution >= 0.6 is 11.8 Å². The minimum absolute atomic E-state index is 0.252. The Kier molecular flexibility index (Phi) is 5.01. The first-order valence-electron chi connectivity index (χ1n) is 10.8. The largest absolute Gasteiger partial charge is 0.476 e. The van der Waals surface area contributed by atoms with Crippen LogP contribution in [0, 0.1) is 12.8 Å². The molecule has 3 aliphatic rings. The number of thioether (sulfide) groups is 1. The molecule has 0 spiro atoms. The standard InChI is InChI=1S/C22H22N6O3S/c1-12-4-19-22(28-23-12)31-11-18(32-19)9-17-8-15-5-13(10-30-21(15)27-25-17)6-16-7-14-2-3-29-20(14)26-24-16/h4,7-8,13,18H,2-3,5-6,9-11H2,1H3. The van der Waals surface area contributed by atoms with Crippen LogP contribution in [0.2, 0.25) is 0 Å². The summed E-state index contributed by atoms with van der Waals surface area (Å²) in [7, 11) is 0. The van der Waals surface area contributed by atoms with Gasteiger partial charge in [-0.2, -0.15) is 15.3 Å². The molecule has 9 nitrogen and oxygen atoms in total. The maximum absolute atomic E-state index is 5.91. The minimum atomic E-state index is 0.252. The number of aromatic nitrogens is 6. The van der Waals surface area contributed by atoms with E-state index in [1.54, 1.807) is 11.8 Å². The summed E-state index contributed by atoms with van der Waals surface area (Å²) in [4.78, 5) is 1.03. The van der Waals surface area contributed by atoms with Crippen molar-refractivity contribution in [2.75, 3.05) is 19.8 Å². The van der Waals surface area contributed by atoms with Gasteiger partial charge in [-0.25, -0.2) is 0 Å². The second-order valence-corrected chi connectivity index (χ2v) is 9.77. The van der Waals surface area contributed by atoms with E-state index in [0.29, 0.717) is 43.4 Å². The number of hydrogen-bond donors (Lipinski definition) is 0. The summed E-state index contributed by atoms with van der Waals surface area (Å²) in [5.74, 6) is 2.26. The van der Waals surface area contributed by atoms with Gasteiger partial charge in [-0.05, 0) is 38.0 Å². The summed E-state index contributed by atoms with van der Waals surface area (Å²) in [5.41, 5.74) is 5.08. The van der Waals surface area contributed by atoms with Gasteiger partial charge in [0.05, 0.1) is 35.2 Å². The van der Waals surface area contributed by atoms with Crippen molar-refractivity contribution in [3.05, 3.63) is 46.4 Å². The highest BCUT2D eigenvalue weighted by molar-refractivity contribution is 8.00. The third kappa shape index (κ3) is 3.94. The zero-order chi connectivity index (χ0) is 21.5. The van der Waals surface area contributed by atoms with E-state index in [9.17, 15) is 0 Å². The van der Waals surface area contributed by atoms with Gasteiger partial charge in [0.25, 0.3) is 0 Å². The van der Waals surface area contributed by atoms with E-state index in [1.165, 1.54) is 0 Å². The van der Waals surface area contributed by atoms with E-state index in [4.69, 9.17) is 14.2 Å². The Bertz CT molecular complexity index is 1180. The lowest BCUT2D eigenvalue weighted by Crippen LogP contribution is -2.26. The van der Waals surface area contributed by atoms with E-state index in [1.807, 2.05) is 13.0 Å². The number of fused-ring (bicyclic) bond motifs is 3. The maximum Gasteiger partial charge on any atom is 0.247 e. The van der Waals surface area contributed by atoms with Gasteiger partial charge in [-0.1, -0.05) is 0 Å². The molecule has 0 N–H and O–H groups in total. The molecule has 3 aliphatic heterocycles. The summed E-state index contributed by atoms with van der Waals surface area (Å²) in [6.07, 6.45) is 3.38. The maximum atomic E-state index is 5.91. The number of rotatable bonds is 4. The van der Waals surface area contributed by atoms with Crippen LogP contribution in [0.1, 0.15) is 28.2 Å². The SMILES string of the molecule is Cc1cc2c(nn1)OCC(Cc1cc3c(nn1)OCC(Cc1cc4c(nn1)OCC4)C3)S2. The van der Waals surface area contributed by atoms with Crippen molar-refractivity contribution in [2.24, 2.45) is 5.92 Å². The molecule has 2 atom stereocenters. The van der Waals surface area contributed by atoms with Gasteiger partial charge in [0.2, 0.25) is 17.6 Å². The first-order valence-corrected chi connectivity index (χ1v) is 11.7. The highest BCUT2D eigenvalue weighted by Crippen LogP contribution is 2.37. The number of ether oxygens (including phenoxy) is 3. The van der Waals surface area contributed by atoms with Crippen molar-refractivity contribution in [3.63, 3.8) is 0 Å². The topological polar surface area (TPSA) is 105 Å². The smallest absolute Gasteiger partial charge is 0.247 e. The van der Waals surface area contributed by atoms with Crippen LogP contribution in [0.15, 0.2) is 23.1 Å². The highest BCUT2D eigenvalue weighted by atomic mass is 32.2. The van der Waals surface area contributed by atoms with Crippen molar-refractivity contribution in [3.8, 4) is 17.6 Å². The second-order valence-electron chi connectivity index (χ2n) is 8.43. The van der Waals surface area contributed by atoms with Gasteiger partial charge in [0, 0.05) is 35.1 Å². The first kappa shape index (κ1) is 19.7. The van der Waals surface area contributed by atoms with Gasteiger partial charge in [-0.15, -0.1) is 27.1 Å². The number of aryl methyl sites for hydroxylation is 1. The zero-order valence-corrected chi connectivity index (χ0v) is 18.5. The average Bonchev–Trinajstić information content (AvgIpc) is 3.26. The Labute approximate surface area is 189 Å². The zero-order valence-electron chi connectivity index (χ0n) is 17.7. The van der Waals surface area contributed by atoms with Crippen molar-refractivity contribution in [1.29, 1.82) is 0 Å². The lowest BCUT2D eigenvalue weighted by molar-refractivity contribution is 0.208. The molecule has 32 heavy (non-hydrogen) atoms. The third-order valence-corrected chi connectivity index (χ3v) is 7.01. The van der Waals surface area contributed by atoms with Gasteiger partial charge in [0.1, 0.15) is 6.61 Å². The molecule has 3 aromatic heterocycles. The molecule has 0 bridgehead atoms. The molecule has 0 radical (unpaired) electrons. The molecule has 0 saturated heterocycles. The molecule has 0 aromatic carbocycles. The second kappa shape index (κ2) is 8.16. The fraction of sp³-hybridized carbons (Fsp3) is 0.455. The van der Waals surface area contributed by atoms with E-state index in [0.717, 1.165) is 58.8 Å². The average molecular weight is 451 g/mol. The van der Waals surface area contributed by atoms with Gasteiger partial charge >= 0.3 is 0 Å². The van der Waals surface area contributed by atoms with Crippen LogP contribution in [0.5, 0.6) is 17.6 Å². The van der Waals surface area contributed by atoms with Crippen LogP contribution in [0.3, 0.4) is 0 Å². The molecule has 2 unspecified atom stereocenters. The monoisotopic (exact) mass is 450 g/mol. The van der Waals surface area contributed by atoms with Crippen molar-refractivity contribution in [1.82, 2.24) is 30.6 Å².